The molecule has 2 aromatic heterocycles. The van der Waals surface area contributed by atoms with E-state index in [2.05, 4.69) is 25.9 Å². The molecular weight excluding hydrogens is 458 g/mol. The summed E-state index contributed by atoms with van der Waals surface area (Å²) >= 11 is 0. The number of benzene rings is 3. The lowest BCUT2D eigenvalue weighted by molar-refractivity contribution is -0.119. The second kappa shape index (κ2) is 10.0. The first-order valence-corrected chi connectivity index (χ1v) is 11.1. The van der Waals surface area contributed by atoms with Gasteiger partial charge >= 0.3 is 5.97 Å². The van der Waals surface area contributed by atoms with Crippen LogP contribution in [0.3, 0.4) is 0 Å². The number of nitrogens with one attached hydrogen (secondary N) is 1. The molecule has 3 aromatic carbocycles. The molecule has 0 aliphatic rings. The van der Waals surface area contributed by atoms with Crippen LogP contribution in [0, 0.1) is 6.92 Å². The first-order chi connectivity index (χ1) is 17.6. The van der Waals surface area contributed by atoms with Crippen molar-refractivity contribution in [1.29, 1.82) is 0 Å². The summed E-state index contributed by atoms with van der Waals surface area (Å²) in [6.45, 7) is 1.53. The van der Waals surface area contributed by atoms with Crippen LogP contribution in [-0.4, -0.2) is 48.5 Å². The summed E-state index contributed by atoms with van der Waals surface area (Å²) < 4.78 is 8.28. The van der Waals surface area contributed by atoms with Crippen LogP contribution in [0.15, 0.2) is 91.3 Å². The summed E-state index contributed by atoms with van der Waals surface area (Å²) in [5.41, 5.74) is 4.20. The predicted molar refractivity (Wildman–Crippen MR) is 132 cm³/mol. The number of amides is 1. The van der Waals surface area contributed by atoms with Gasteiger partial charge in [-0.1, -0.05) is 60.2 Å². The van der Waals surface area contributed by atoms with Gasteiger partial charge in [-0.2, -0.15) is 9.78 Å². The topological polar surface area (TPSA) is 117 Å². The van der Waals surface area contributed by atoms with Crippen molar-refractivity contribution < 1.29 is 14.3 Å². The predicted octanol–water partition coefficient (Wildman–Crippen LogP) is 3.62. The molecule has 0 bridgehead atoms. The standard InChI is InChI=1S/C26H21N7O3/c1-18-11-13-19(14-12-18)22-15-24(33(29-22)20-7-3-2-4-8-20)28-25(34)16-36-26(35)21-9-5-6-10-23(21)32-17-27-30-31-32/h2-15,17H,16H2,1H3,(H,28,34). The van der Waals surface area contributed by atoms with Gasteiger partial charge in [-0.3, -0.25) is 4.79 Å². The van der Waals surface area contributed by atoms with Crippen molar-refractivity contribution in [3.63, 3.8) is 0 Å². The molecule has 5 rings (SSSR count). The molecule has 10 heteroatoms. The smallest absolute Gasteiger partial charge is 0.340 e. The van der Waals surface area contributed by atoms with Crippen molar-refractivity contribution in [1.82, 2.24) is 30.0 Å². The number of rotatable bonds is 7. The van der Waals surface area contributed by atoms with Gasteiger partial charge in [0, 0.05) is 11.6 Å². The molecule has 1 N–H and O–H groups in total. The van der Waals surface area contributed by atoms with Gasteiger partial charge < -0.3 is 10.1 Å². The molecule has 0 aliphatic carbocycles. The van der Waals surface area contributed by atoms with E-state index in [1.165, 1.54) is 11.0 Å². The monoisotopic (exact) mass is 479 g/mol. The molecule has 0 unspecified atom stereocenters. The Morgan fingerprint density at radius 1 is 0.944 bits per heavy atom. The lowest BCUT2D eigenvalue weighted by atomic mass is 10.1. The van der Waals surface area contributed by atoms with Gasteiger partial charge in [-0.15, -0.1) is 5.10 Å². The van der Waals surface area contributed by atoms with E-state index in [1.54, 1.807) is 35.0 Å². The zero-order valence-electron chi connectivity index (χ0n) is 19.3. The first-order valence-electron chi connectivity index (χ1n) is 11.1. The Labute approximate surface area is 206 Å². The fourth-order valence-corrected chi connectivity index (χ4v) is 3.61. The Bertz CT molecular complexity index is 1490. The van der Waals surface area contributed by atoms with E-state index in [4.69, 9.17) is 4.74 Å². The molecule has 0 spiro atoms. The van der Waals surface area contributed by atoms with E-state index in [0.717, 1.165) is 16.8 Å². The summed E-state index contributed by atoms with van der Waals surface area (Å²) in [6, 6.07) is 25.9. The van der Waals surface area contributed by atoms with E-state index < -0.39 is 18.5 Å². The summed E-state index contributed by atoms with van der Waals surface area (Å²) in [5.74, 6) is -0.726. The minimum absolute atomic E-state index is 0.230. The lowest BCUT2D eigenvalue weighted by Gasteiger charge is -2.10. The molecule has 1 amide bonds. The molecule has 0 saturated heterocycles. The molecule has 178 valence electrons. The van der Waals surface area contributed by atoms with Gasteiger partial charge in [0.1, 0.15) is 12.1 Å². The molecule has 36 heavy (non-hydrogen) atoms. The van der Waals surface area contributed by atoms with Crippen LogP contribution in [-0.2, 0) is 9.53 Å². The SMILES string of the molecule is Cc1ccc(-c2cc(NC(=O)COC(=O)c3ccccc3-n3cnnn3)n(-c3ccccc3)n2)cc1. The maximum absolute atomic E-state index is 12.8. The van der Waals surface area contributed by atoms with Gasteiger partial charge in [-0.05, 0) is 41.6 Å². The minimum atomic E-state index is -0.673. The van der Waals surface area contributed by atoms with Crippen LogP contribution in [0.5, 0.6) is 0 Å². The Hall–Kier alpha value is -5.12. The number of hydrogen-bond acceptors (Lipinski definition) is 7. The molecule has 0 fully saturated rings. The highest BCUT2D eigenvalue weighted by atomic mass is 16.5. The fraction of sp³-hybridized carbons (Fsp3) is 0.0769. The van der Waals surface area contributed by atoms with Gasteiger partial charge in [0.25, 0.3) is 5.91 Å². The number of nitrogens with zero attached hydrogens (tertiary/aromatic N) is 6. The number of tetrazole rings is 1. The third-order valence-corrected chi connectivity index (χ3v) is 5.38. The number of aryl methyl sites for hydroxylation is 1. The van der Waals surface area contributed by atoms with E-state index in [0.29, 0.717) is 17.2 Å². The molecule has 2 heterocycles. The Balaban J connectivity index is 1.34. The summed E-state index contributed by atoms with van der Waals surface area (Å²) in [4.78, 5) is 25.5. The van der Waals surface area contributed by atoms with Crippen LogP contribution < -0.4 is 5.32 Å². The number of carbonyl (C=O) groups is 2. The molecule has 5 aromatic rings. The van der Waals surface area contributed by atoms with Crippen molar-refractivity contribution in [2.24, 2.45) is 0 Å². The van der Waals surface area contributed by atoms with Crippen LogP contribution in [0.1, 0.15) is 15.9 Å². The van der Waals surface area contributed by atoms with Crippen LogP contribution in [0.25, 0.3) is 22.6 Å². The third-order valence-electron chi connectivity index (χ3n) is 5.38. The molecule has 0 saturated carbocycles. The van der Waals surface area contributed by atoms with Gasteiger partial charge in [0.2, 0.25) is 0 Å². The minimum Gasteiger partial charge on any atom is -0.452 e. The van der Waals surface area contributed by atoms with Crippen molar-refractivity contribution in [2.45, 2.75) is 6.92 Å². The molecule has 0 atom stereocenters. The van der Waals surface area contributed by atoms with Crippen molar-refractivity contribution in [3.8, 4) is 22.6 Å². The molecular formula is C26H21N7O3. The summed E-state index contributed by atoms with van der Waals surface area (Å²) in [6.07, 6.45) is 1.37. The van der Waals surface area contributed by atoms with Crippen LogP contribution in [0.4, 0.5) is 5.82 Å². The van der Waals surface area contributed by atoms with Gasteiger partial charge in [0.05, 0.1) is 22.6 Å². The highest BCUT2D eigenvalue weighted by Crippen LogP contribution is 2.25. The maximum atomic E-state index is 12.8. The third kappa shape index (κ3) is 4.87. The van der Waals surface area contributed by atoms with E-state index in [1.807, 2.05) is 61.5 Å². The second-order valence-electron chi connectivity index (χ2n) is 7.92. The molecule has 10 nitrogen and oxygen atoms in total. The zero-order chi connectivity index (χ0) is 24.9. The summed E-state index contributed by atoms with van der Waals surface area (Å²) in [7, 11) is 0. The number of hydrogen-bond donors (Lipinski definition) is 1. The average molecular weight is 480 g/mol. The molecule has 0 radical (unpaired) electrons. The Morgan fingerprint density at radius 3 is 2.44 bits per heavy atom. The second-order valence-corrected chi connectivity index (χ2v) is 7.92. The highest BCUT2D eigenvalue weighted by molar-refractivity contribution is 5.97. The number of carbonyl (C=O) groups excluding carboxylic acids is 2. The van der Waals surface area contributed by atoms with Crippen molar-refractivity contribution in [2.75, 3.05) is 11.9 Å². The van der Waals surface area contributed by atoms with E-state index in [9.17, 15) is 9.59 Å². The Morgan fingerprint density at radius 2 is 1.69 bits per heavy atom. The normalized spacial score (nSPS) is 10.7. The van der Waals surface area contributed by atoms with E-state index in [-0.39, 0.29) is 5.56 Å². The number of para-hydroxylation sites is 2. The fourth-order valence-electron chi connectivity index (χ4n) is 3.61. The van der Waals surface area contributed by atoms with Crippen LogP contribution in [0.2, 0.25) is 0 Å². The Kier molecular flexibility index (Phi) is 6.31. The van der Waals surface area contributed by atoms with Gasteiger partial charge in [0.15, 0.2) is 6.61 Å². The van der Waals surface area contributed by atoms with Crippen molar-refractivity contribution in [3.05, 3.63) is 102 Å². The number of anilines is 1. The number of ether oxygens (including phenoxy) is 1. The van der Waals surface area contributed by atoms with E-state index >= 15 is 0 Å². The van der Waals surface area contributed by atoms with Crippen molar-refractivity contribution >= 4 is 17.7 Å². The lowest BCUT2D eigenvalue weighted by Crippen LogP contribution is -2.23. The number of esters is 1. The molecule has 0 aliphatic heterocycles. The first kappa shape index (κ1) is 22.7. The zero-order valence-corrected chi connectivity index (χ0v) is 19.3. The maximum Gasteiger partial charge on any atom is 0.340 e. The summed E-state index contributed by atoms with van der Waals surface area (Å²) in [5, 5.41) is 18.5. The largest absolute Gasteiger partial charge is 0.452 e. The average Bonchev–Trinajstić information content (AvgIpc) is 3.59. The number of aromatic nitrogens is 6. The van der Waals surface area contributed by atoms with Gasteiger partial charge in [-0.25, -0.2) is 9.48 Å². The highest BCUT2D eigenvalue weighted by Gasteiger charge is 2.18. The van der Waals surface area contributed by atoms with Crippen LogP contribution >= 0.6 is 0 Å². The quantitative estimate of drug-likeness (QED) is 0.354.